The highest BCUT2D eigenvalue weighted by Gasteiger charge is 2.80. The zero-order chi connectivity index (χ0) is 57.1. The molecule has 4 aromatic carbocycles. The lowest BCUT2D eigenvalue weighted by Crippen LogP contribution is -2.64. The Morgan fingerprint density at radius 3 is 1.77 bits per heavy atom. The molecule has 11 atom stereocenters. The molecule has 16 N–H and O–H groups in total. The number of carboxylic acids is 2. The molecule has 1 aliphatic carbocycles. The quantitative estimate of drug-likeness (QED) is 0.0562. The number of phenols is 11. The molecule has 1 saturated heterocycles. The molecule has 0 aromatic heterocycles. The van der Waals surface area contributed by atoms with Crippen molar-refractivity contribution in [2.75, 3.05) is 12.4 Å². The lowest BCUT2D eigenvalue weighted by Gasteiger charge is -2.44. The number of fused-ring (bicyclic) bond motifs is 3. The third-order valence-corrected chi connectivity index (χ3v) is 14.8. The topological polar surface area (TPSA) is 517 Å². The van der Waals surface area contributed by atoms with Gasteiger partial charge in [-0.2, -0.15) is 11.8 Å². The van der Waals surface area contributed by atoms with Gasteiger partial charge in [-0.05, 0) is 30.3 Å². The monoisotopic (exact) mass is 1120 g/mol. The van der Waals surface area contributed by atoms with E-state index in [1.54, 1.807) is 0 Å². The second-order valence-corrected chi connectivity index (χ2v) is 19.0. The summed E-state index contributed by atoms with van der Waals surface area (Å²) < 4.78 is 40.0. The molecular weight excluding hydrogens is 1080 g/mol. The number of hydrogen-bond acceptors (Lipinski definition) is 29. The van der Waals surface area contributed by atoms with Gasteiger partial charge in [0.2, 0.25) is 41.2 Å². The second kappa shape index (κ2) is 18.6. The Morgan fingerprint density at radius 1 is 0.679 bits per heavy atom. The molecular formula is C46H37NO30S. The van der Waals surface area contributed by atoms with Crippen molar-refractivity contribution in [2.45, 2.75) is 66.2 Å². The van der Waals surface area contributed by atoms with Crippen molar-refractivity contribution in [1.29, 1.82) is 0 Å². The first-order chi connectivity index (χ1) is 36.5. The van der Waals surface area contributed by atoms with E-state index in [0.717, 1.165) is 6.92 Å². The molecule has 5 aliphatic rings. The Morgan fingerprint density at radius 2 is 1.21 bits per heavy atom. The average Bonchev–Trinajstić information content (AvgIpc) is 2.87. The van der Waals surface area contributed by atoms with Crippen LogP contribution in [0.25, 0.3) is 11.1 Å². The molecule has 4 bridgehead atoms. The molecule has 78 heavy (non-hydrogen) atoms. The van der Waals surface area contributed by atoms with E-state index >= 15 is 4.79 Å². The Kier molecular flexibility index (Phi) is 12.7. The van der Waals surface area contributed by atoms with Gasteiger partial charge in [0, 0.05) is 29.4 Å². The van der Waals surface area contributed by atoms with E-state index in [9.17, 15) is 110 Å². The van der Waals surface area contributed by atoms with Crippen LogP contribution in [0.2, 0.25) is 0 Å². The predicted molar refractivity (Wildman–Crippen MR) is 242 cm³/mol. The minimum Gasteiger partial charge on any atom is -0.504 e. The number of aliphatic carboxylic acids is 2. The van der Waals surface area contributed by atoms with Crippen LogP contribution in [-0.4, -0.2) is 190 Å². The highest BCUT2D eigenvalue weighted by Crippen LogP contribution is 2.66. The van der Waals surface area contributed by atoms with Gasteiger partial charge in [0.1, 0.15) is 18.8 Å². The number of aromatic hydroxyl groups is 11. The van der Waals surface area contributed by atoms with E-state index in [4.69, 9.17) is 33.2 Å². The van der Waals surface area contributed by atoms with Crippen LogP contribution in [0.5, 0.6) is 69.0 Å². The number of nitrogens with one attached hydrogen (secondary N) is 1. The number of ether oxygens (including phenoxy) is 7. The summed E-state index contributed by atoms with van der Waals surface area (Å²) in [6.07, 6.45) is -12.9. The summed E-state index contributed by atoms with van der Waals surface area (Å²) >= 11 is 0.0832. The van der Waals surface area contributed by atoms with Gasteiger partial charge in [-0.15, -0.1) is 0 Å². The summed E-state index contributed by atoms with van der Waals surface area (Å²) in [6, 6.07) is 0.247. The minimum absolute atomic E-state index is 0.0832. The largest absolute Gasteiger partial charge is 0.504 e. The third kappa shape index (κ3) is 8.02. The minimum atomic E-state index is -3.91. The smallest absolute Gasteiger partial charge is 0.344 e. The van der Waals surface area contributed by atoms with Crippen molar-refractivity contribution in [1.82, 2.24) is 5.32 Å². The van der Waals surface area contributed by atoms with Crippen LogP contribution in [0, 0.1) is 5.92 Å². The first-order valence-electron chi connectivity index (χ1n) is 22.1. The lowest BCUT2D eigenvalue weighted by molar-refractivity contribution is -0.287. The molecule has 4 aliphatic heterocycles. The Balaban J connectivity index is 1.30. The molecule has 412 valence electrons. The van der Waals surface area contributed by atoms with E-state index in [-0.39, 0.29) is 11.8 Å². The Bertz CT molecular complexity index is 3340. The summed E-state index contributed by atoms with van der Waals surface area (Å²) in [4.78, 5) is 111. The van der Waals surface area contributed by atoms with Gasteiger partial charge in [0.15, 0.2) is 64.0 Å². The summed E-state index contributed by atoms with van der Waals surface area (Å²) in [7, 11) is 0. The fourth-order valence-electron chi connectivity index (χ4n) is 9.74. The van der Waals surface area contributed by atoms with Gasteiger partial charge in [-0.25, -0.2) is 28.8 Å². The number of rotatable bonds is 8. The average molecular weight is 1120 g/mol. The van der Waals surface area contributed by atoms with Crippen molar-refractivity contribution in [3.8, 4) is 80.1 Å². The van der Waals surface area contributed by atoms with Gasteiger partial charge in [0.05, 0.1) is 39.3 Å². The fourth-order valence-corrected chi connectivity index (χ4v) is 11.4. The van der Waals surface area contributed by atoms with Gasteiger partial charge >= 0.3 is 41.8 Å². The van der Waals surface area contributed by atoms with E-state index < -0.39 is 233 Å². The number of phenolic OH excluding ortho intramolecular Hbond substituents is 11. The highest BCUT2D eigenvalue weighted by atomic mass is 32.2. The van der Waals surface area contributed by atoms with E-state index in [1.807, 2.05) is 5.32 Å². The second-order valence-electron chi connectivity index (χ2n) is 17.8. The van der Waals surface area contributed by atoms with Crippen molar-refractivity contribution in [3.63, 3.8) is 0 Å². The van der Waals surface area contributed by atoms with Gasteiger partial charge < -0.3 is 115 Å². The molecule has 1 saturated carbocycles. The summed E-state index contributed by atoms with van der Waals surface area (Å²) in [5.74, 6) is -39.9. The predicted octanol–water partition coefficient (Wildman–Crippen LogP) is -1.15. The molecule has 31 nitrogen and oxygen atoms in total. The number of esters is 5. The van der Waals surface area contributed by atoms with Gasteiger partial charge in [0.25, 0.3) is 5.79 Å². The number of carbonyl (C=O) groups excluding carboxylic acids is 6. The molecule has 0 radical (unpaired) electrons. The zero-order valence-electron chi connectivity index (χ0n) is 38.7. The van der Waals surface area contributed by atoms with E-state index in [2.05, 4.69) is 0 Å². The number of thioether (sulfide) groups is 1. The highest BCUT2D eigenvalue weighted by molar-refractivity contribution is 8.00. The van der Waals surface area contributed by atoms with Crippen molar-refractivity contribution < 1.29 is 148 Å². The summed E-state index contributed by atoms with van der Waals surface area (Å²) in [5.41, 5.74) is -11.4. The molecule has 9 rings (SSSR count). The number of hydrogen-bond donors (Lipinski definition) is 16. The SMILES string of the molecule is CC(=O)NC(CS[C@H]1[C@@H]2C(=O)O[C@H]3[C@H]4OC(=O)c5cc(O)c(O)c(O)c5-c5c(cc(O)c(O)c5O)C(=O)OC[C@H]3O[C@@H](OC(=O)c3cc(O)c(O)c(O)c3)[C@@H]4OC(=O)c3cc(O)c(O)c4c3[C@H]2[C@@](O)(O4)C1(O)C(=O)O)C(=O)O. The summed E-state index contributed by atoms with van der Waals surface area (Å²) in [6.45, 7) is -0.506. The van der Waals surface area contributed by atoms with Crippen LogP contribution in [0.15, 0.2) is 30.3 Å². The molecule has 0 spiro atoms. The van der Waals surface area contributed by atoms with Gasteiger partial charge in [-0.1, -0.05) is 0 Å². The van der Waals surface area contributed by atoms with Crippen molar-refractivity contribution in [3.05, 3.63) is 58.1 Å². The van der Waals surface area contributed by atoms with Crippen LogP contribution in [-0.2, 0) is 47.6 Å². The number of carboxylic acid groups (broad SMARTS) is 2. The van der Waals surface area contributed by atoms with Crippen molar-refractivity contribution in [2.24, 2.45) is 5.92 Å². The maximum atomic E-state index is 15.4. The maximum absolute atomic E-state index is 15.4. The maximum Gasteiger partial charge on any atom is 0.344 e. The van der Waals surface area contributed by atoms with Crippen LogP contribution in [0.1, 0.15) is 59.8 Å². The zero-order valence-corrected chi connectivity index (χ0v) is 39.6. The first kappa shape index (κ1) is 53.3. The van der Waals surface area contributed by atoms with Crippen LogP contribution in [0.3, 0.4) is 0 Å². The van der Waals surface area contributed by atoms with Crippen LogP contribution in [0.4, 0.5) is 0 Å². The molecule has 1 amide bonds. The first-order valence-corrected chi connectivity index (χ1v) is 23.1. The van der Waals surface area contributed by atoms with E-state index in [0.29, 0.717) is 30.3 Å². The van der Waals surface area contributed by atoms with Crippen LogP contribution < -0.4 is 10.1 Å². The van der Waals surface area contributed by atoms with E-state index in [1.165, 1.54) is 0 Å². The molecule has 2 unspecified atom stereocenters. The number of aliphatic hydroxyl groups is 2. The fraction of sp³-hybridized carbons (Fsp3) is 0.304. The number of benzene rings is 4. The summed E-state index contributed by atoms with van der Waals surface area (Å²) in [5, 5.41) is 163. The lowest BCUT2D eigenvalue weighted by atomic mass is 9.83. The number of amides is 1. The normalized spacial score (nSPS) is 27.2. The molecule has 4 heterocycles. The van der Waals surface area contributed by atoms with Crippen LogP contribution >= 0.6 is 11.8 Å². The Labute approximate surface area is 434 Å². The molecule has 2 fully saturated rings. The Hall–Kier alpha value is -9.53. The standard InChI is InChI=1S/C46H37NO30S/c1-9(48)47-14(37(60)61)8-78-36-24-25-23-13(6-19(53)29(57)33(23)77-46(25,70)45(36,69)44(67)68)41(65)75-35-34-32(73-42(24)66)20(72-43(35)76-38(62)10-2-15(49)26(54)16(50)3-10)7-71-39(63)11-4-17(51)27(55)30(58)21(11)22-12(40(64)74-34)5-18(52)28(56)31(22)59/h2-6,14,20,24-25,32,34-36,43,49-59,69-70H,7-8H2,1H3,(H,47,48)(H,60,61)(H,67,68)/t14?,20-,24-,25-,32-,34-,35-,36+,43+,45?,46-/m1/s1. The number of carbonyl (C=O) groups is 8. The molecule has 32 heteroatoms. The number of cyclic esters (lactones) is 1. The van der Waals surface area contributed by atoms with Gasteiger partial charge in [-0.3, -0.25) is 9.59 Å². The van der Waals surface area contributed by atoms with Crippen molar-refractivity contribution >= 4 is 59.5 Å². The third-order valence-electron chi connectivity index (χ3n) is 13.3. The molecule has 4 aromatic rings.